The first-order valence-corrected chi connectivity index (χ1v) is 4.89. The summed E-state index contributed by atoms with van der Waals surface area (Å²) in [4.78, 5) is 14.2. The van der Waals surface area contributed by atoms with Crippen molar-refractivity contribution < 1.29 is 19.0 Å². The van der Waals surface area contributed by atoms with Gasteiger partial charge >= 0.3 is 5.97 Å². The van der Waals surface area contributed by atoms with Gasteiger partial charge in [-0.2, -0.15) is 0 Å². The lowest BCUT2D eigenvalue weighted by atomic mass is 10.2. The van der Waals surface area contributed by atoms with Crippen molar-refractivity contribution in [2.45, 2.75) is 19.5 Å². The van der Waals surface area contributed by atoms with Crippen molar-refractivity contribution in [3.05, 3.63) is 23.0 Å². The first kappa shape index (κ1) is 12.7. The van der Waals surface area contributed by atoms with E-state index in [-0.39, 0.29) is 23.2 Å². The molecule has 0 atom stereocenters. The highest BCUT2D eigenvalue weighted by Crippen LogP contribution is 2.23. The molecular weight excluding hydrogens is 237 g/mol. The van der Waals surface area contributed by atoms with Crippen LogP contribution in [0.2, 0.25) is 5.15 Å². The molecule has 6 heteroatoms. The fourth-order valence-electron chi connectivity index (χ4n) is 0.898. The van der Waals surface area contributed by atoms with Crippen molar-refractivity contribution in [3.63, 3.8) is 0 Å². The van der Waals surface area contributed by atoms with Crippen LogP contribution < -0.4 is 4.74 Å². The summed E-state index contributed by atoms with van der Waals surface area (Å²) in [7, 11) is 0. The quantitative estimate of drug-likeness (QED) is 0.831. The van der Waals surface area contributed by atoms with Gasteiger partial charge in [0.25, 0.3) is 0 Å². The van der Waals surface area contributed by atoms with Gasteiger partial charge in [-0.15, -0.1) is 0 Å². The Labute approximate surface area is 97.0 Å². The number of alkyl halides is 1. The maximum absolute atomic E-state index is 13.1. The zero-order valence-corrected chi connectivity index (χ0v) is 9.58. The average molecular weight is 248 g/mol. The number of carboxylic acids is 1. The molecule has 0 amide bonds. The van der Waals surface area contributed by atoms with Crippen LogP contribution in [-0.4, -0.2) is 28.3 Å². The Morgan fingerprint density at radius 1 is 1.62 bits per heavy atom. The fourth-order valence-corrected chi connectivity index (χ4v) is 1.11. The Hall–Kier alpha value is -1.36. The Morgan fingerprint density at radius 3 is 2.69 bits per heavy atom. The van der Waals surface area contributed by atoms with Crippen molar-refractivity contribution in [2.75, 3.05) is 6.61 Å². The van der Waals surface area contributed by atoms with Crippen molar-refractivity contribution in [2.24, 2.45) is 0 Å². The molecule has 4 nitrogen and oxygen atoms in total. The monoisotopic (exact) mass is 247 g/mol. The second-order valence-corrected chi connectivity index (χ2v) is 4.16. The Kier molecular flexibility index (Phi) is 3.70. The van der Waals surface area contributed by atoms with E-state index < -0.39 is 11.6 Å². The molecule has 1 N–H and O–H groups in total. The van der Waals surface area contributed by atoms with Gasteiger partial charge in [-0.25, -0.2) is 14.2 Å². The van der Waals surface area contributed by atoms with Crippen LogP contribution in [0.1, 0.15) is 24.3 Å². The maximum Gasteiger partial charge on any atom is 0.354 e. The maximum atomic E-state index is 13.1. The van der Waals surface area contributed by atoms with Gasteiger partial charge in [0.2, 0.25) is 0 Å². The summed E-state index contributed by atoms with van der Waals surface area (Å²) in [6.07, 6.45) is 0. The molecule has 0 unspecified atom stereocenters. The number of hydrogen-bond donors (Lipinski definition) is 1. The van der Waals surface area contributed by atoms with Crippen LogP contribution in [-0.2, 0) is 0 Å². The van der Waals surface area contributed by atoms with Gasteiger partial charge in [0.15, 0.2) is 10.9 Å². The lowest BCUT2D eigenvalue weighted by Gasteiger charge is -2.15. The lowest BCUT2D eigenvalue weighted by Crippen LogP contribution is -2.22. The molecule has 0 aliphatic rings. The van der Waals surface area contributed by atoms with E-state index in [1.165, 1.54) is 26.0 Å². The highest BCUT2D eigenvalue weighted by molar-refractivity contribution is 6.31. The lowest BCUT2D eigenvalue weighted by molar-refractivity contribution is 0.0690. The second kappa shape index (κ2) is 4.65. The van der Waals surface area contributed by atoms with Gasteiger partial charge in [-0.05, 0) is 26.0 Å². The molecule has 0 aliphatic heterocycles. The van der Waals surface area contributed by atoms with E-state index in [1.54, 1.807) is 0 Å². The van der Waals surface area contributed by atoms with Gasteiger partial charge in [0.1, 0.15) is 18.0 Å². The number of halogens is 2. The molecule has 0 saturated carbocycles. The van der Waals surface area contributed by atoms with Crippen LogP contribution >= 0.6 is 11.6 Å². The summed E-state index contributed by atoms with van der Waals surface area (Å²) in [5.41, 5.74) is -1.67. The zero-order valence-electron chi connectivity index (χ0n) is 8.83. The number of pyridine rings is 1. The minimum atomic E-state index is -1.49. The van der Waals surface area contributed by atoms with E-state index >= 15 is 0 Å². The number of hydrogen-bond acceptors (Lipinski definition) is 3. The molecule has 0 saturated heterocycles. The van der Waals surface area contributed by atoms with Crippen LogP contribution in [0, 0.1) is 0 Å². The number of ether oxygens (including phenoxy) is 1. The number of aromatic nitrogens is 1. The van der Waals surface area contributed by atoms with Crippen molar-refractivity contribution in [1.29, 1.82) is 0 Å². The van der Waals surface area contributed by atoms with E-state index in [4.69, 9.17) is 21.4 Å². The van der Waals surface area contributed by atoms with Gasteiger partial charge in [-0.3, -0.25) is 0 Å². The number of rotatable bonds is 4. The standard InChI is InChI=1S/C10H11ClFNO3/c1-10(2,12)5-16-7-4-3-6(9(14)15)13-8(7)11/h3-4H,5H2,1-2H3,(H,14,15). The molecule has 1 aromatic rings. The van der Waals surface area contributed by atoms with Crippen molar-refractivity contribution >= 4 is 17.6 Å². The average Bonchev–Trinajstić information content (AvgIpc) is 2.14. The number of carboxylic acid groups (broad SMARTS) is 1. The second-order valence-electron chi connectivity index (χ2n) is 3.80. The zero-order chi connectivity index (χ0) is 12.3. The van der Waals surface area contributed by atoms with Gasteiger partial charge < -0.3 is 9.84 Å². The third-order valence-corrected chi connectivity index (χ3v) is 1.88. The number of aromatic carboxylic acids is 1. The smallest absolute Gasteiger partial charge is 0.354 e. The minimum absolute atomic E-state index is 0.0934. The molecule has 0 fully saturated rings. The van der Waals surface area contributed by atoms with Crippen LogP contribution in [0.15, 0.2) is 12.1 Å². The third kappa shape index (κ3) is 3.66. The molecule has 0 spiro atoms. The number of carbonyl (C=O) groups is 1. The summed E-state index contributed by atoms with van der Waals surface area (Å²) >= 11 is 5.68. The molecule has 1 aromatic heterocycles. The number of nitrogens with zero attached hydrogens (tertiary/aromatic N) is 1. The largest absolute Gasteiger partial charge is 0.487 e. The normalized spacial score (nSPS) is 11.2. The first-order chi connectivity index (χ1) is 7.29. The van der Waals surface area contributed by atoms with E-state index in [0.717, 1.165) is 0 Å². The molecular formula is C10H11ClFNO3. The highest BCUT2D eigenvalue weighted by Gasteiger charge is 2.18. The van der Waals surface area contributed by atoms with Crippen LogP contribution in [0.4, 0.5) is 4.39 Å². The summed E-state index contributed by atoms with van der Waals surface area (Å²) in [5, 5.41) is 8.54. The molecule has 0 bridgehead atoms. The molecule has 88 valence electrons. The molecule has 16 heavy (non-hydrogen) atoms. The SMILES string of the molecule is CC(C)(F)COc1ccc(C(=O)O)nc1Cl. The molecule has 0 aromatic carbocycles. The molecule has 1 rings (SSSR count). The molecule has 0 aliphatic carbocycles. The Morgan fingerprint density at radius 2 is 2.25 bits per heavy atom. The van der Waals surface area contributed by atoms with E-state index in [9.17, 15) is 9.18 Å². The predicted octanol–water partition coefficient (Wildman–Crippen LogP) is 2.56. The molecule has 1 heterocycles. The van der Waals surface area contributed by atoms with E-state index in [0.29, 0.717) is 0 Å². The third-order valence-electron chi connectivity index (χ3n) is 1.60. The summed E-state index contributed by atoms with van der Waals surface area (Å²) < 4.78 is 18.2. The Bertz CT molecular complexity index is 404. The topological polar surface area (TPSA) is 59.4 Å². The van der Waals surface area contributed by atoms with Gasteiger partial charge in [0, 0.05) is 0 Å². The minimum Gasteiger partial charge on any atom is -0.487 e. The summed E-state index contributed by atoms with van der Waals surface area (Å²) in [6, 6.07) is 2.60. The highest BCUT2D eigenvalue weighted by atomic mass is 35.5. The van der Waals surface area contributed by atoms with Gasteiger partial charge in [0.05, 0.1) is 0 Å². The molecule has 0 radical (unpaired) electrons. The van der Waals surface area contributed by atoms with Crippen LogP contribution in [0.3, 0.4) is 0 Å². The predicted molar refractivity (Wildman–Crippen MR) is 56.9 cm³/mol. The summed E-state index contributed by atoms with van der Waals surface area (Å²) in [6.45, 7) is 2.54. The summed E-state index contributed by atoms with van der Waals surface area (Å²) in [5.74, 6) is -1.02. The van der Waals surface area contributed by atoms with Gasteiger partial charge in [-0.1, -0.05) is 11.6 Å². The van der Waals surface area contributed by atoms with Crippen LogP contribution in [0.5, 0.6) is 5.75 Å². The Balaban J connectivity index is 2.80. The van der Waals surface area contributed by atoms with Crippen molar-refractivity contribution in [3.8, 4) is 5.75 Å². The fraction of sp³-hybridized carbons (Fsp3) is 0.400. The van der Waals surface area contributed by atoms with E-state index in [2.05, 4.69) is 4.98 Å². The van der Waals surface area contributed by atoms with Crippen LogP contribution in [0.25, 0.3) is 0 Å². The van der Waals surface area contributed by atoms with Crippen molar-refractivity contribution in [1.82, 2.24) is 4.98 Å². The first-order valence-electron chi connectivity index (χ1n) is 4.51. The van der Waals surface area contributed by atoms with E-state index in [1.807, 2.05) is 0 Å².